The summed E-state index contributed by atoms with van der Waals surface area (Å²) in [6.07, 6.45) is -0.394. The van der Waals surface area contributed by atoms with Crippen LogP contribution >= 0.6 is 15.9 Å². The largest absolute Gasteiger partial charge is 0.391 e. The van der Waals surface area contributed by atoms with Gasteiger partial charge in [-0.2, -0.15) is 0 Å². The van der Waals surface area contributed by atoms with Gasteiger partial charge in [0.25, 0.3) is 5.91 Å². The normalized spacial score (nSPS) is 26.4. The third-order valence-electron chi connectivity index (χ3n) is 6.20. The maximum Gasteiger partial charge on any atom is 0.257 e. The Bertz CT molecular complexity index is 1060. The first kappa shape index (κ1) is 22.7. The highest BCUT2D eigenvalue weighted by Crippen LogP contribution is 2.35. The molecule has 170 valence electrons. The molecular formula is C23H27BrN4O4. The van der Waals surface area contributed by atoms with Gasteiger partial charge in [0.2, 0.25) is 5.91 Å². The molecule has 0 radical (unpaired) electrons. The van der Waals surface area contributed by atoms with Crippen molar-refractivity contribution in [1.29, 1.82) is 0 Å². The molecular weight excluding hydrogens is 476 g/mol. The minimum absolute atomic E-state index is 0.0404. The lowest BCUT2D eigenvalue weighted by Crippen LogP contribution is -2.48. The lowest BCUT2D eigenvalue weighted by Gasteiger charge is -2.29. The zero-order chi connectivity index (χ0) is 23.2. The summed E-state index contributed by atoms with van der Waals surface area (Å²) in [5.41, 5.74) is 0.355. The van der Waals surface area contributed by atoms with Crippen LogP contribution in [0.4, 0.5) is 0 Å². The molecule has 0 bridgehead atoms. The number of amides is 2. The fourth-order valence-corrected chi connectivity index (χ4v) is 4.71. The second-order valence-electron chi connectivity index (χ2n) is 9.02. The van der Waals surface area contributed by atoms with Gasteiger partial charge in [0.05, 0.1) is 17.8 Å². The van der Waals surface area contributed by atoms with E-state index in [2.05, 4.69) is 26.4 Å². The third-order valence-corrected chi connectivity index (χ3v) is 6.73. The second-order valence-corrected chi connectivity index (χ2v) is 9.93. The highest BCUT2D eigenvalue weighted by Gasteiger charge is 2.48. The highest BCUT2D eigenvalue weighted by atomic mass is 79.9. The number of hydrogen-bond donors (Lipinski definition) is 2. The number of aliphatic hydroxyl groups is 1. The van der Waals surface area contributed by atoms with Crippen molar-refractivity contribution in [3.05, 3.63) is 51.8 Å². The first-order valence-electron chi connectivity index (χ1n) is 10.7. The Balaban J connectivity index is 1.66. The fraction of sp³-hybridized carbons (Fsp3) is 0.478. The van der Waals surface area contributed by atoms with Crippen molar-refractivity contribution in [3.8, 4) is 0 Å². The number of nitrogens with one attached hydrogen (secondary N) is 1. The predicted molar refractivity (Wildman–Crippen MR) is 122 cm³/mol. The number of aliphatic hydroxyl groups excluding tert-OH is 1. The average molecular weight is 503 g/mol. The Kier molecular flexibility index (Phi) is 5.98. The van der Waals surface area contributed by atoms with Crippen molar-refractivity contribution in [2.24, 2.45) is 10.9 Å². The number of aryl methyl sites for hydroxylation is 1. The summed E-state index contributed by atoms with van der Waals surface area (Å²) in [7, 11) is 0. The SMILES string of the molecule is Cc1cc(C(C(=O)N2C[C@H](O)C[C@H]2C2=NC(C)(c3ccc(Br)cc3)C(=O)N2)C(C)C)on1. The summed E-state index contributed by atoms with van der Waals surface area (Å²) in [6, 6.07) is 8.67. The number of β-amino-alcohol motifs (C(OH)–C–C–N with tert-alkyl or cyclic N) is 1. The molecule has 0 aliphatic carbocycles. The van der Waals surface area contributed by atoms with Gasteiger partial charge in [-0.05, 0) is 37.5 Å². The Morgan fingerprint density at radius 2 is 2.03 bits per heavy atom. The number of benzene rings is 1. The van der Waals surface area contributed by atoms with Gasteiger partial charge in [-0.15, -0.1) is 0 Å². The quantitative estimate of drug-likeness (QED) is 0.653. The van der Waals surface area contributed by atoms with E-state index in [-0.39, 0.29) is 24.3 Å². The molecule has 2 N–H and O–H groups in total. The van der Waals surface area contributed by atoms with Gasteiger partial charge in [-0.3, -0.25) is 9.59 Å². The van der Waals surface area contributed by atoms with E-state index < -0.39 is 23.6 Å². The first-order chi connectivity index (χ1) is 15.1. The molecule has 2 unspecified atom stereocenters. The number of carbonyl (C=O) groups is 2. The summed E-state index contributed by atoms with van der Waals surface area (Å²) < 4.78 is 6.32. The van der Waals surface area contributed by atoms with Crippen LogP contribution in [0.25, 0.3) is 0 Å². The summed E-state index contributed by atoms with van der Waals surface area (Å²) in [4.78, 5) is 32.9. The Labute approximate surface area is 195 Å². The molecule has 1 aromatic heterocycles. The minimum Gasteiger partial charge on any atom is -0.391 e. The predicted octanol–water partition coefficient (Wildman–Crippen LogP) is 2.89. The molecule has 0 saturated carbocycles. The van der Waals surface area contributed by atoms with E-state index in [1.807, 2.05) is 45.0 Å². The minimum atomic E-state index is -1.10. The smallest absolute Gasteiger partial charge is 0.257 e. The zero-order valence-corrected chi connectivity index (χ0v) is 20.1. The van der Waals surface area contributed by atoms with Crippen LogP contribution in [-0.2, 0) is 15.1 Å². The lowest BCUT2D eigenvalue weighted by atomic mass is 9.91. The third kappa shape index (κ3) is 3.99. The van der Waals surface area contributed by atoms with Crippen molar-refractivity contribution in [2.45, 2.75) is 57.7 Å². The van der Waals surface area contributed by atoms with Crippen LogP contribution in [0.3, 0.4) is 0 Å². The van der Waals surface area contributed by atoms with E-state index >= 15 is 0 Å². The number of likely N-dealkylation sites (tertiary alicyclic amines) is 1. The molecule has 3 heterocycles. The molecule has 4 rings (SSSR count). The molecule has 32 heavy (non-hydrogen) atoms. The maximum atomic E-state index is 13.6. The standard InChI is InChI=1S/C23H27BrN4O4/c1-12(2)19(18-9-13(3)27-32-18)21(30)28-11-16(29)10-17(28)20-25-22(31)23(4,26-20)14-5-7-15(24)8-6-14/h5-9,12,16-17,19,29H,10-11H2,1-4H3,(H,25,26,31)/t16-,17+,19?,23?/m1/s1. The summed E-state index contributed by atoms with van der Waals surface area (Å²) in [6.45, 7) is 7.62. The number of aliphatic imine (C=N–C) groups is 1. The van der Waals surface area contributed by atoms with Gasteiger partial charge in [0, 0.05) is 23.5 Å². The molecule has 4 atom stereocenters. The van der Waals surface area contributed by atoms with Crippen molar-refractivity contribution < 1.29 is 19.2 Å². The van der Waals surface area contributed by atoms with Gasteiger partial charge in [0.15, 0.2) is 5.54 Å². The van der Waals surface area contributed by atoms with E-state index in [4.69, 9.17) is 9.52 Å². The first-order valence-corrected chi connectivity index (χ1v) is 11.5. The lowest BCUT2D eigenvalue weighted by molar-refractivity contribution is -0.134. The van der Waals surface area contributed by atoms with E-state index in [1.165, 1.54) is 0 Å². The maximum absolute atomic E-state index is 13.6. The summed E-state index contributed by atoms with van der Waals surface area (Å²) >= 11 is 3.41. The van der Waals surface area contributed by atoms with Crippen LogP contribution in [0.5, 0.6) is 0 Å². The number of amidine groups is 1. The summed E-state index contributed by atoms with van der Waals surface area (Å²) in [5.74, 6) is -0.107. The molecule has 2 aliphatic rings. The van der Waals surface area contributed by atoms with Gasteiger partial charge < -0.3 is 19.8 Å². The summed E-state index contributed by atoms with van der Waals surface area (Å²) in [5, 5.41) is 17.2. The van der Waals surface area contributed by atoms with Crippen LogP contribution in [-0.4, -0.2) is 51.5 Å². The van der Waals surface area contributed by atoms with Crippen molar-refractivity contribution in [2.75, 3.05) is 6.54 Å². The zero-order valence-electron chi connectivity index (χ0n) is 18.5. The van der Waals surface area contributed by atoms with Crippen molar-refractivity contribution in [1.82, 2.24) is 15.4 Å². The van der Waals surface area contributed by atoms with E-state index in [1.54, 1.807) is 17.9 Å². The number of nitrogens with zero attached hydrogens (tertiary/aromatic N) is 3. The van der Waals surface area contributed by atoms with Gasteiger partial charge in [-0.1, -0.05) is 47.1 Å². The monoisotopic (exact) mass is 502 g/mol. The molecule has 0 spiro atoms. The number of rotatable bonds is 5. The Morgan fingerprint density at radius 1 is 1.34 bits per heavy atom. The van der Waals surface area contributed by atoms with E-state index in [9.17, 15) is 14.7 Å². The number of aromatic nitrogens is 1. The topological polar surface area (TPSA) is 108 Å². The molecule has 2 aromatic rings. The number of hydrogen-bond acceptors (Lipinski definition) is 6. The highest BCUT2D eigenvalue weighted by molar-refractivity contribution is 9.10. The van der Waals surface area contributed by atoms with E-state index in [0.717, 1.165) is 10.0 Å². The molecule has 8 nitrogen and oxygen atoms in total. The van der Waals surface area contributed by atoms with Crippen LogP contribution in [0.2, 0.25) is 0 Å². The molecule has 1 saturated heterocycles. The number of carbonyl (C=O) groups excluding carboxylic acids is 2. The average Bonchev–Trinajstić information content (AvgIpc) is 3.40. The van der Waals surface area contributed by atoms with Crippen LogP contribution in [0, 0.1) is 12.8 Å². The molecule has 1 aromatic carbocycles. The molecule has 1 fully saturated rings. The van der Waals surface area contributed by atoms with Crippen LogP contribution in [0.1, 0.15) is 50.1 Å². The van der Waals surface area contributed by atoms with E-state index in [0.29, 0.717) is 23.7 Å². The van der Waals surface area contributed by atoms with Crippen LogP contribution in [0.15, 0.2) is 44.3 Å². The van der Waals surface area contributed by atoms with Gasteiger partial charge in [-0.25, -0.2) is 4.99 Å². The molecule has 9 heteroatoms. The molecule has 2 aliphatic heterocycles. The molecule has 2 amide bonds. The van der Waals surface area contributed by atoms with Crippen molar-refractivity contribution >= 4 is 33.6 Å². The van der Waals surface area contributed by atoms with Crippen LogP contribution < -0.4 is 5.32 Å². The second kappa shape index (κ2) is 8.44. The van der Waals surface area contributed by atoms with Gasteiger partial charge >= 0.3 is 0 Å². The Morgan fingerprint density at radius 3 is 2.62 bits per heavy atom. The Hall–Kier alpha value is -2.52. The fourth-order valence-electron chi connectivity index (χ4n) is 4.45. The van der Waals surface area contributed by atoms with Gasteiger partial charge in [0.1, 0.15) is 17.5 Å². The van der Waals surface area contributed by atoms with Crippen molar-refractivity contribution in [3.63, 3.8) is 0 Å². The number of halogens is 1.